The second kappa shape index (κ2) is 6.12. The fraction of sp³-hybridized carbons (Fsp3) is 0.471. The molecule has 134 valence electrons. The molecule has 0 spiro atoms. The van der Waals surface area contributed by atoms with Crippen molar-refractivity contribution in [3.8, 4) is 0 Å². The largest absolute Gasteiger partial charge is 0.598 e. The Labute approximate surface area is 148 Å². The minimum Gasteiger partial charge on any atom is -0.598 e. The zero-order chi connectivity index (χ0) is 18.4. The monoisotopic (exact) mass is 365 g/mol. The zero-order valence-corrected chi connectivity index (χ0v) is 15.0. The van der Waals surface area contributed by atoms with Crippen molar-refractivity contribution in [1.29, 1.82) is 0 Å². The molecule has 1 aromatic rings. The summed E-state index contributed by atoms with van der Waals surface area (Å²) in [5, 5.41) is 0. The summed E-state index contributed by atoms with van der Waals surface area (Å²) in [4.78, 5) is 36.9. The summed E-state index contributed by atoms with van der Waals surface area (Å²) in [7, 11) is 0. The molecule has 1 heterocycles. The molecule has 25 heavy (non-hydrogen) atoms. The molecule has 3 rings (SSSR count). The van der Waals surface area contributed by atoms with Gasteiger partial charge in [-0.25, -0.2) is 0 Å². The maximum Gasteiger partial charge on any atom is 0.331 e. The van der Waals surface area contributed by atoms with Gasteiger partial charge in [0.25, 0.3) is 5.79 Å². The number of cyclic esters (lactones) is 2. The summed E-state index contributed by atoms with van der Waals surface area (Å²) in [5.41, 5.74) is 1.01. The second-order valence-electron chi connectivity index (χ2n) is 6.79. The molecule has 2 atom stereocenters. The maximum absolute atomic E-state index is 12.7. The lowest BCUT2D eigenvalue weighted by Crippen LogP contribution is -2.56. The highest BCUT2D eigenvalue weighted by molar-refractivity contribution is 7.88. The molecule has 1 aliphatic carbocycles. The van der Waals surface area contributed by atoms with E-state index in [1.165, 1.54) is 20.1 Å². The molecule has 0 amide bonds. The minimum absolute atomic E-state index is 0.154. The van der Waals surface area contributed by atoms with Crippen LogP contribution < -0.4 is 4.72 Å². The van der Waals surface area contributed by atoms with E-state index in [0.717, 1.165) is 11.1 Å². The molecular formula is C17H19NO6S. The van der Waals surface area contributed by atoms with E-state index < -0.39 is 46.3 Å². The number of rotatable bonds is 5. The Morgan fingerprint density at radius 3 is 2.44 bits per heavy atom. The van der Waals surface area contributed by atoms with Crippen LogP contribution in [0.1, 0.15) is 31.4 Å². The van der Waals surface area contributed by atoms with Crippen LogP contribution in [0.5, 0.6) is 0 Å². The molecule has 1 aromatic carbocycles. The molecule has 1 N–H and O–H groups in total. The average molecular weight is 365 g/mol. The van der Waals surface area contributed by atoms with Crippen LogP contribution >= 0.6 is 0 Å². The van der Waals surface area contributed by atoms with E-state index in [-0.39, 0.29) is 6.42 Å². The van der Waals surface area contributed by atoms with Crippen LogP contribution in [0.4, 0.5) is 0 Å². The Hall–Kier alpha value is -1.90. The Balaban J connectivity index is 1.83. The summed E-state index contributed by atoms with van der Waals surface area (Å²) >= 11 is -1.38. The van der Waals surface area contributed by atoms with Gasteiger partial charge in [-0.05, 0) is 17.5 Å². The molecule has 2 aliphatic rings. The molecule has 1 unspecified atom stereocenters. The number of hydrogen-bond donors (Lipinski definition) is 1. The van der Waals surface area contributed by atoms with Crippen LogP contribution in [0.25, 0.3) is 0 Å². The third-order valence-corrected chi connectivity index (χ3v) is 5.00. The van der Waals surface area contributed by atoms with E-state index in [1.807, 2.05) is 24.3 Å². The van der Waals surface area contributed by atoms with Gasteiger partial charge in [-0.1, -0.05) is 24.3 Å². The third kappa shape index (κ3) is 3.29. The number of hydrogen-bond acceptors (Lipinski definition) is 7. The highest BCUT2D eigenvalue weighted by Crippen LogP contribution is 2.43. The molecular weight excluding hydrogens is 346 g/mol. The van der Waals surface area contributed by atoms with Crippen LogP contribution in [0.15, 0.2) is 24.3 Å². The number of carbonyl (C=O) groups excluding carboxylic acids is 3. The lowest BCUT2D eigenvalue weighted by molar-refractivity contribution is -0.238. The molecule has 0 bridgehead atoms. The van der Waals surface area contributed by atoms with Crippen molar-refractivity contribution in [3.05, 3.63) is 35.4 Å². The summed E-state index contributed by atoms with van der Waals surface area (Å²) in [6.07, 6.45) is 1.80. The Morgan fingerprint density at radius 1 is 1.28 bits per heavy atom. The Morgan fingerprint density at radius 2 is 1.88 bits per heavy atom. The topological polar surface area (TPSA) is 105 Å². The van der Waals surface area contributed by atoms with E-state index in [0.29, 0.717) is 6.42 Å². The number of Topliss-reactive ketones (excluding diaryl/α,β-unsaturated/α-hetero) is 1. The number of benzene rings is 1. The van der Waals surface area contributed by atoms with Gasteiger partial charge < -0.3 is 14.0 Å². The van der Waals surface area contributed by atoms with Crippen molar-refractivity contribution in [2.45, 2.75) is 38.0 Å². The van der Waals surface area contributed by atoms with Gasteiger partial charge in [0.15, 0.2) is 5.78 Å². The molecule has 0 radical (unpaired) electrons. The number of fused-ring (bicyclic) bond motifs is 1. The van der Waals surface area contributed by atoms with E-state index in [2.05, 4.69) is 4.72 Å². The molecule has 8 heteroatoms. The number of ketones is 1. The summed E-state index contributed by atoms with van der Waals surface area (Å²) in [5.74, 6) is -5.42. The average Bonchev–Trinajstić information content (AvgIpc) is 2.43. The van der Waals surface area contributed by atoms with Crippen LogP contribution in [0, 0.1) is 5.92 Å². The predicted molar refractivity (Wildman–Crippen MR) is 88.4 cm³/mol. The first kappa shape index (κ1) is 17.9. The number of nitrogens with one attached hydrogen (secondary N) is 1. The van der Waals surface area contributed by atoms with Crippen LogP contribution in [-0.4, -0.2) is 34.3 Å². The Bertz CT molecular complexity index is 726. The summed E-state index contributed by atoms with van der Waals surface area (Å²) in [6, 6.07) is 7.46. The van der Waals surface area contributed by atoms with Crippen molar-refractivity contribution >= 4 is 29.1 Å². The third-order valence-electron chi connectivity index (χ3n) is 4.33. The molecule has 0 saturated carbocycles. The number of esters is 2. The first-order chi connectivity index (χ1) is 11.6. The highest BCUT2D eigenvalue weighted by atomic mass is 32.2. The second-order valence-corrected chi connectivity index (χ2v) is 7.90. The van der Waals surface area contributed by atoms with Crippen molar-refractivity contribution in [2.24, 2.45) is 5.92 Å². The van der Waals surface area contributed by atoms with Gasteiger partial charge in [0.1, 0.15) is 6.26 Å². The van der Waals surface area contributed by atoms with Crippen molar-refractivity contribution in [2.75, 3.05) is 6.26 Å². The lowest BCUT2D eigenvalue weighted by atomic mass is 9.68. The summed E-state index contributed by atoms with van der Waals surface area (Å²) in [6.45, 7) is 2.85. The van der Waals surface area contributed by atoms with Gasteiger partial charge in [0.2, 0.25) is 5.92 Å². The van der Waals surface area contributed by atoms with Gasteiger partial charge in [-0.3, -0.25) is 14.4 Å². The molecule has 1 fully saturated rings. The Kier molecular flexibility index (Phi) is 4.38. The fourth-order valence-corrected chi connectivity index (χ4v) is 4.20. The van der Waals surface area contributed by atoms with E-state index in [1.54, 1.807) is 0 Å². The maximum atomic E-state index is 12.7. The molecule has 1 saturated heterocycles. The fourth-order valence-electron chi connectivity index (χ4n) is 3.40. The van der Waals surface area contributed by atoms with E-state index in [9.17, 15) is 18.9 Å². The van der Waals surface area contributed by atoms with Gasteiger partial charge >= 0.3 is 11.9 Å². The highest BCUT2D eigenvalue weighted by Gasteiger charge is 2.52. The molecule has 7 nitrogen and oxygen atoms in total. The summed E-state index contributed by atoms with van der Waals surface area (Å²) < 4.78 is 24.7. The van der Waals surface area contributed by atoms with Crippen molar-refractivity contribution < 1.29 is 28.4 Å². The van der Waals surface area contributed by atoms with E-state index in [4.69, 9.17) is 9.47 Å². The van der Waals surface area contributed by atoms with Gasteiger partial charge in [-0.2, -0.15) is 0 Å². The lowest BCUT2D eigenvalue weighted by Gasteiger charge is -2.43. The van der Waals surface area contributed by atoms with Gasteiger partial charge in [0, 0.05) is 31.6 Å². The van der Waals surface area contributed by atoms with E-state index >= 15 is 0 Å². The van der Waals surface area contributed by atoms with Crippen molar-refractivity contribution in [1.82, 2.24) is 4.72 Å². The molecule has 0 aromatic heterocycles. The van der Waals surface area contributed by atoms with Gasteiger partial charge in [-0.15, -0.1) is 4.72 Å². The standard InChI is InChI=1S/C17H19NO6S/c1-16(2)23-14(20)13(15(21)24-16)12(19)9-17(18-25(3)22)8-10-6-4-5-7-11(10)17/h4-7,13,18H,8-9H2,1-3H3/t17-,25?/m0/s1. The normalized spacial score (nSPS) is 26.1. The SMILES string of the molecule is C[S+]([O-])N[C@]1(CC(=O)C2C(=O)OC(C)(C)OC2=O)Cc2ccccc21. The number of carbonyl (C=O) groups is 3. The minimum atomic E-state index is -1.61. The van der Waals surface area contributed by atoms with Crippen LogP contribution in [0.2, 0.25) is 0 Å². The van der Waals surface area contributed by atoms with Crippen molar-refractivity contribution in [3.63, 3.8) is 0 Å². The van der Waals surface area contributed by atoms with Crippen LogP contribution in [0.3, 0.4) is 0 Å². The molecule has 1 aliphatic heterocycles. The van der Waals surface area contributed by atoms with Crippen LogP contribution in [-0.2, 0) is 47.2 Å². The zero-order valence-electron chi connectivity index (χ0n) is 14.2. The first-order valence-electron chi connectivity index (χ1n) is 7.82. The number of ether oxygens (including phenoxy) is 2. The quantitative estimate of drug-likeness (QED) is 0.466. The smallest absolute Gasteiger partial charge is 0.331 e. The first-order valence-corrected chi connectivity index (χ1v) is 9.37. The van der Waals surface area contributed by atoms with Gasteiger partial charge in [0.05, 0.1) is 5.54 Å². The predicted octanol–water partition coefficient (Wildman–Crippen LogP) is 0.733.